The SMILES string of the molecule is COc1ccc(S(C)(=O)=NS(=O)(=O)CCOCC2CC2)cc1. The summed E-state index contributed by atoms with van der Waals surface area (Å²) in [5.41, 5.74) is 0. The Balaban J connectivity index is 2.04. The van der Waals surface area contributed by atoms with Crippen molar-refractivity contribution < 1.29 is 22.1 Å². The number of sulfonamides is 1. The summed E-state index contributed by atoms with van der Waals surface area (Å²) in [6.07, 6.45) is 3.62. The van der Waals surface area contributed by atoms with E-state index in [9.17, 15) is 12.6 Å². The van der Waals surface area contributed by atoms with Gasteiger partial charge in [0.15, 0.2) is 0 Å². The number of hydrogen-bond donors (Lipinski definition) is 0. The topological polar surface area (TPSA) is 82.0 Å². The zero-order chi connectivity index (χ0) is 16.2. The van der Waals surface area contributed by atoms with E-state index < -0.39 is 19.8 Å². The van der Waals surface area contributed by atoms with Gasteiger partial charge in [-0.1, -0.05) is 0 Å². The summed E-state index contributed by atoms with van der Waals surface area (Å²) in [4.78, 5) is 0.357. The summed E-state index contributed by atoms with van der Waals surface area (Å²) in [6.45, 7) is 0.677. The number of benzene rings is 1. The molecule has 0 N–H and O–H groups in total. The quantitative estimate of drug-likeness (QED) is 0.671. The molecule has 124 valence electrons. The van der Waals surface area contributed by atoms with Crippen LogP contribution in [0.5, 0.6) is 5.75 Å². The predicted molar refractivity (Wildman–Crippen MR) is 85.1 cm³/mol. The van der Waals surface area contributed by atoms with Crippen LogP contribution in [0.3, 0.4) is 0 Å². The second-order valence-electron chi connectivity index (χ2n) is 5.36. The highest BCUT2D eigenvalue weighted by molar-refractivity contribution is 8.02. The lowest BCUT2D eigenvalue weighted by Gasteiger charge is -2.07. The summed E-state index contributed by atoms with van der Waals surface area (Å²) < 4.78 is 50.3. The van der Waals surface area contributed by atoms with Gasteiger partial charge in [-0.25, -0.2) is 12.6 Å². The molecule has 0 spiro atoms. The van der Waals surface area contributed by atoms with E-state index in [4.69, 9.17) is 9.47 Å². The average molecular weight is 347 g/mol. The third-order valence-corrected chi connectivity index (χ3v) is 7.16. The van der Waals surface area contributed by atoms with Crippen molar-refractivity contribution in [3.05, 3.63) is 24.3 Å². The standard InChI is InChI=1S/C14H21NO5S2/c1-19-13-5-7-14(8-6-13)21(2,16)15-22(17,18)10-9-20-11-12-3-4-12/h5-8,12H,3-4,9-11H2,1-2H3. The smallest absolute Gasteiger partial charge is 0.263 e. The van der Waals surface area contributed by atoms with Crippen LogP contribution >= 0.6 is 0 Å². The molecule has 1 atom stereocenters. The first-order chi connectivity index (χ1) is 10.3. The summed E-state index contributed by atoms with van der Waals surface area (Å²) in [7, 11) is -5.27. The highest BCUT2D eigenvalue weighted by Gasteiger charge is 2.21. The Morgan fingerprint density at radius 1 is 1.18 bits per heavy atom. The Morgan fingerprint density at radius 3 is 2.36 bits per heavy atom. The van der Waals surface area contributed by atoms with E-state index in [1.54, 1.807) is 24.3 Å². The van der Waals surface area contributed by atoms with Crippen LogP contribution in [0.1, 0.15) is 12.8 Å². The first kappa shape index (κ1) is 17.2. The van der Waals surface area contributed by atoms with Crippen molar-refractivity contribution in [2.75, 3.05) is 32.3 Å². The Kier molecular flexibility index (Phi) is 5.46. The third kappa shape index (κ3) is 5.26. The van der Waals surface area contributed by atoms with Crippen LogP contribution in [0.25, 0.3) is 0 Å². The van der Waals surface area contributed by atoms with Crippen molar-refractivity contribution >= 4 is 19.8 Å². The molecular weight excluding hydrogens is 326 g/mol. The summed E-state index contributed by atoms with van der Waals surface area (Å²) in [5.74, 6) is 0.936. The summed E-state index contributed by atoms with van der Waals surface area (Å²) >= 11 is 0. The molecule has 22 heavy (non-hydrogen) atoms. The molecule has 1 aromatic carbocycles. The Morgan fingerprint density at radius 2 is 1.82 bits per heavy atom. The lowest BCUT2D eigenvalue weighted by Crippen LogP contribution is -2.13. The molecule has 0 heterocycles. The fraction of sp³-hybridized carbons (Fsp3) is 0.571. The number of ether oxygens (including phenoxy) is 2. The van der Waals surface area contributed by atoms with Gasteiger partial charge in [0.2, 0.25) is 0 Å². The molecule has 0 radical (unpaired) electrons. The Bertz CT molecular complexity index is 714. The monoisotopic (exact) mass is 347 g/mol. The van der Waals surface area contributed by atoms with Gasteiger partial charge < -0.3 is 9.47 Å². The highest BCUT2D eigenvalue weighted by Crippen LogP contribution is 2.28. The second-order valence-corrected chi connectivity index (χ2v) is 9.60. The maximum Gasteiger partial charge on any atom is 0.263 e. The van der Waals surface area contributed by atoms with Gasteiger partial charge >= 0.3 is 0 Å². The van der Waals surface area contributed by atoms with Crippen molar-refractivity contribution in [3.8, 4) is 5.75 Å². The molecule has 6 nitrogen and oxygen atoms in total. The van der Waals surface area contributed by atoms with Crippen LogP contribution in [0.2, 0.25) is 0 Å². The second kappa shape index (κ2) is 6.97. The molecule has 0 aliphatic heterocycles. The van der Waals surface area contributed by atoms with Crippen molar-refractivity contribution in [1.29, 1.82) is 0 Å². The van der Waals surface area contributed by atoms with E-state index in [1.807, 2.05) is 0 Å². The molecule has 0 bridgehead atoms. The fourth-order valence-corrected chi connectivity index (χ4v) is 5.17. The molecule has 0 amide bonds. The number of hydrogen-bond acceptors (Lipinski definition) is 5. The average Bonchev–Trinajstić information content (AvgIpc) is 3.27. The fourth-order valence-electron chi connectivity index (χ4n) is 1.82. The van der Waals surface area contributed by atoms with Crippen LogP contribution in [0.15, 0.2) is 32.9 Å². The van der Waals surface area contributed by atoms with Crippen LogP contribution < -0.4 is 4.74 Å². The Labute approximate surface area is 132 Å². The Hall–Kier alpha value is -1.12. The number of rotatable bonds is 8. The molecule has 1 unspecified atom stereocenters. The summed E-state index contributed by atoms with van der Waals surface area (Å²) in [5, 5.41) is 0. The van der Waals surface area contributed by atoms with Gasteiger partial charge in [-0.05, 0) is 43.0 Å². The molecule has 1 aliphatic carbocycles. The van der Waals surface area contributed by atoms with E-state index in [0.29, 0.717) is 23.2 Å². The largest absolute Gasteiger partial charge is 0.497 e. The van der Waals surface area contributed by atoms with Crippen LogP contribution in [-0.4, -0.2) is 45.0 Å². The van der Waals surface area contributed by atoms with E-state index in [1.165, 1.54) is 13.4 Å². The first-order valence-corrected chi connectivity index (χ1v) is 10.5. The molecule has 1 fully saturated rings. The highest BCUT2D eigenvalue weighted by atomic mass is 32.3. The maximum atomic E-state index is 12.5. The predicted octanol–water partition coefficient (Wildman–Crippen LogP) is 1.91. The van der Waals surface area contributed by atoms with Gasteiger partial charge in [0.1, 0.15) is 5.75 Å². The van der Waals surface area contributed by atoms with E-state index in [-0.39, 0.29) is 12.4 Å². The molecule has 2 rings (SSSR count). The molecule has 1 saturated carbocycles. The van der Waals surface area contributed by atoms with Crippen molar-refractivity contribution in [2.24, 2.45) is 9.69 Å². The van der Waals surface area contributed by atoms with Crippen molar-refractivity contribution in [1.82, 2.24) is 0 Å². The van der Waals surface area contributed by atoms with Crippen molar-refractivity contribution in [2.45, 2.75) is 17.7 Å². The van der Waals surface area contributed by atoms with Gasteiger partial charge in [0, 0.05) is 17.8 Å². The number of nitrogens with zero attached hydrogens (tertiary/aromatic N) is 1. The minimum Gasteiger partial charge on any atom is -0.497 e. The minimum absolute atomic E-state index is 0.0838. The van der Waals surface area contributed by atoms with Crippen molar-refractivity contribution in [3.63, 3.8) is 0 Å². The normalized spacial score (nSPS) is 17.7. The first-order valence-electron chi connectivity index (χ1n) is 7.00. The van der Waals surface area contributed by atoms with Crippen LogP contribution in [-0.2, 0) is 24.5 Å². The minimum atomic E-state index is -3.79. The molecule has 0 saturated heterocycles. The number of methoxy groups -OCH3 is 1. The van der Waals surface area contributed by atoms with Gasteiger partial charge in [-0.2, -0.15) is 0 Å². The third-order valence-electron chi connectivity index (χ3n) is 3.29. The molecule has 8 heteroatoms. The molecule has 1 aliphatic rings. The molecule has 0 aromatic heterocycles. The maximum absolute atomic E-state index is 12.5. The lowest BCUT2D eigenvalue weighted by molar-refractivity contribution is 0.138. The molecular formula is C14H21NO5S2. The van der Waals surface area contributed by atoms with Gasteiger partial charge in [-0.15, -0.1) is 3.77 Å². The van der Waals surface area contributed by atoms with Crippen LogP contribution in [0.4, 0.5) is 0 Å². The lowest BCUT2D eigenvalue weighted by atomic mass is 10.3. The van der Waals surface area contributed by atoms with E-state index in [0.717, 1.165) is 12.8 Å². The van der Waals surface area contributed by atoms with Gasteiger partial charge in [-0.3, -0.25) is 0 Å². The summed E-state index contributed by atoms with van der Waals surface area (Å²) in [6, 6.07) is 6.37. The van der Waals surface area contributed by atoms with E-state index >= 15 is 0 Å². The van der Waals surface area contributed by atoms with Gasteiger partial charge in [0.25, 0.3) is 10.0 Å². The van der Waals surface area contributed by atoms with E-state index in [2.05, 4.69) is 3.77 Å². The van der Waals surface area contributed by atoms with Gasteiger partial charge in [0.05, 0.1) is 29.2 Å². The molecule has 1 aromatic rings. The zero-order valence-electron chi connectivity index (χ0n) is 12.7. The van der Waals surface area contributed by atoms with Crippen LogP contribution in [0, 0.1) is 5.92 Å². The zero-order valence-corrected chi connectivity index (χ0v) is 14.4.